The molecule has 1 aromatic carbocycles. The summed E-state index contributed by atoms with van der Waals surface area (Å²) in [5.74, 6) is 1.40. The van der Waals surface area contributed by atoms with Crippen LogP contribution in [0.15, 0.2) is 43.5 Å². The van der Waals surface area contributed by atoms with Gasteiger partial charge < -0.3 is 19.7 Å². The smallest absolute Gasteiger partial charge is 0.174 e. The fourth-order valence-corrected chi connectivity index (χ4v) is 1.91. The minimum Gasteiger partial charge on any atom is -0.497 e. The number of rotatable bonds is 7. The summed E-state index contributed by atoms with van der Waals surface area (Å²) >= 11 is 5.39. The maximum absolute atomic E-state index is 5.39. The minimum absolute atomic E-state index is 0.591. The molecule has 0 saturated heterocycles. The van der Waals surface area contributed by atoms with Crippen LogP contribution in [0, 0.1) is 0 Å². The molecule has 0 unspecified atom stereocenters. The predicted molar refractivity (Wildman–Crippen MR) is 87.7 cm³/mol. The van der Waals surface area contributed by atoms with Gasteiger partial charge in [0.15, 0.2) is 5.11 Å². The van der Waals surface area contributed by atoms with E-state index in [1.54, 1.807) is 32.4 Å². The van der Waals surface area contributed by atoms with Gasteiger partial charge in [-0.25, -0.2) is 0 Å². The van der Waals surface area contributed by atoms with Crippen molar-refractivity contribution in [1.29, 1.82) is 0 Å². The van der Waals surface area contributed by atoms with E-state index in [4.69, 9.17) is 21.7 Å². The average Bonchev–Trinajstić information content (AvgIpc) is 2.47. The van der Waals surface area contributed by atoms with Crippen molar-refractivity contribution in [2.75, 3.05) is 32.6 Å². The first-order valence-corrected chi connectivity index (χ1v) is 6.56. The third kappa shape index (κ3) is 4.28. The normalized spacial score (nSPS) is 9.50. The lowest BCUT2D eigenvalue weighted by molar-refractivity contribution is 0.395. The first-order chi connectivity index (χ1) is 9.65. The Morgan fingerprint density at radius 3 is 2.40 bits per heavy atom. The van der Waals surface area contributed by atoms with Crippen molar-refractivity contribution in [3.05, 3.63) is 43.5 Å². The summed E-state index contributed by atoms with van der Waals surface area (Å²) in [4.78, 5) is 1.94. The van der Waals surface area contributed by atoms with E-state index in [-0.39, 0.29) is 0 Å². The van der Waals surface area contributed by atoms with E-state index in [0.29, 0.717) is 24.0 Å². The van der Waals surface area contributed by atoms with Crippen LogP contribution in [-0.2, 0) is 0 Å². The molecule has 1 rings (SSSR count). The fraction of sp³-hybridized carbons (Fsp3) is 0.267. The predicted octanol–water partition coefficient (Wildman–Crippen LogP) is 3.07. The molecule has 0 radical (unpaired) electrons. The number of methoxy groups -OCH3 is 2. The van der Waals surface area contributed by atoms with E-state index in [0.717, 1.165) is 11.4 Å². The average molecular weight is 292 g/mol. The number of nitrogens with one attached hydrogen (secondary N) is 1. The van der Waals surface area contributed by atoms with E-state index in [1.807, 2.05) is 17.0 Å². The van der Waals surface area contributed by atoms with Crippen LogP contribution in [0.5, 0.6) is 11.5 Å². The molecular weight excluding hydrogens is 272 g/mol. The van der Waals surface area contributed by atoms with Gasteiger partial charge in [-0.15, -0.1) is 13.2 Å². The maximum atomic E-state index is 5.39. The molecule has 0 heterocycles. The lowest BCUT2D eigenvalue weighted by atomic mass is 10.2. The highest BCUT2D eigenvalue weighted by Gasteiger charge is 2.10. The second kappa shape index (κ2) is 8.22. The molecule has 0 fully saturated rings. The molecule has 20 heavy (non-hydrogen) atoms. The molecule has 0 spiro atoms. The standard InChI is InChI=1S/C15H20N2O2S/c1-5-9-17(10-6-2)15(20)16-13-8-7-12(18-3)11-14(13)19-4/h5-8,11H,1-2,9-10H2,3-4H3,(H,16,20). The van der Waals surface area contributed by atoms with Gasteiger partial charge in [-0.05, 0) is 24.4 Å². The van der Waals surface area contributed by atoms with Gasteiger partial charge in [0, 0.05) is 19.2 Å². The van der Waals surface area contributed by atoms with Crippen LogP contribution in [0.4, 0.5) is 5.69 Å². The van der Waals surface area contributed by atoms with Crippen molar-refractivity contribution >= 4 is 23.0 Å². The molecule has 108 valence electrons. The Balaban J connectivity index is 2.87. The molecule has 0 amide bonds. The Hall–Kier alpha value is -2.01. The summed E-state index contributed by atoms with van der Waals surface area (Å²) in [6, 6.07) is 5.51. The lowest BCUT2D eigenvalue weighted by Crippen LogP contribution is -2.35. The van der Waals surface area contributed by atoms with Gasteiger partial charge in [0.25, 0.3) is 0 Å². The second-order valence-electron chi connectivity index (χ2n) is 3.98. The molecule has 0 saturated carbocycles. The van der Waals surface area contributed by atoms with Crippen LogP contribution in [-0.4, -0.2) is 37.3 Å². The number of hydrogen-bond donors (Lipinski definition) is 1. The Kier molecular flexibility index (Phi) is 6.59. The molecule has 0 aliphatic heterocycles. The Labute approximate surface area is 125 Å². The molecule has 0 atom stereocenters. The molecule has 4 nitrogen and oxygen atoms in total. The van der Waals surface area contributed by atoms with Gasteiger partial charge in [-0.2, -0.15) is 0 Å². The molecule has 0 aromatic heterocycles. The van der Waals surface area contributed by atoms with Crippen molar-refractivity contribution in [1.82, 2.24) is 4.90 Å². The molecule has 5 heteroatoms. The molecule has 0 aliphatic carbocycles. The summed E-state index contributed by atoms with van der Waals surface area (Å²) in [6.07, 6.45) is 3.59. The maximum Gasteiger partial charge on any atom is 0.174 e. The van der Waals surface area contributed by atoms with Crippen LogP contribution in [0.3, 0.4) is 0 Å². The van der Waals surface area contributed by atoms with Crippen molar-refractivity contribution in [2.45, 2.75) is 0 Å². The zero-order valence-corrected chi connectivity index (χ0v) is 12.7. The minimum atomic E-state index is 0.591. The quantitative estimate of drug-likeness (QED) is 0.617. The van der Waals surface area contributed by atoms with Gasteiger partial charge in [0.1, 0.15) is 11.5 Å². The highest BCUT2D eigenvalue weighted by atomic mass is 32.1. The fourth-order valence-electron chi connectivity index (χ4n) is 1.65. The topological polar surface area (TPSA) is 33.7 Å². The van der Waals surface area contributed by atoms with E-state index >= 15 is 0 Å². The summed E-state index contributed by atoms with van der Waals surface area (Å²) in [5.41, 5.74) is 0.788. The number of nitrogens with zero attached hydrogens (tertiary/aromatic N) is 1. The first-order valence-electron chi connectivity index (χ1n) is 6.16. The van der Waals surface area contributed by atoms with Gasteiger partial charge in [0.05, 0.1) is 19.9 Å². The molecule has 0 aliphatic rings. The van der Waals surface area contributed by atoms with Crippen molar-refractivity contribution in [3.63, 3.8) is 0 Å². The summed E-state index contributed by atoms with van der Waals surface area (Å²) in [7, 11) is 3.22. The van der Waals surface area contributed by atoms with Crippen LogP contribution in [0.1, 0.15) is 0 Å². The number of benzene rings is 1. The molecule has 1 aromatic rings. The largest absolute Gasteiger partial charge is 0.497 e. The van der Waals surface area contributed by atoms with Gasteiger partial charge >= 0.3 is 0 Å². The van der Waals surface area contributed by atoms with E-state index < -0.39 is 0 Å². The zero-order chi connectivity index (χ0) is 15.0. The summed E-state index contributed by atoms with van der Waals surface area (Å²) < 4.78 is 10.5. The van der Waals surface area contributed by atoms with Crippen LogP contribution >= 0.6 is 12.2 Å². The lowest BCUT2D eigenvalue weighted by Gasteiger charge is -2.23. The van der Waals surface area contributed by atoms with E-state index in [9.17, 15) is 0 Å². The van der Waals surface area contributed by atoms with Crippen molar-refractivity contribution < 1.29 is 9.47 Å². The van der Waals surface area contributed by atoms with Crippen molar-refractivity contribution in [3.8, 4) is 11.5 Å². The first kappa shape index (κ1) is 16.0. The Morgan fingerprint density at radius 2 is 1.90 bits per heavy atom. The van der Waals surface area contributed by atoms with Crippen LogP contribution in [0.2, 0.25) is 0 Å². The molecule has 1 N–H and O–H groups in total. The number of ether oxygens (including phenoxy) is 2. The number of anilines is 1. The van der Waals surface area contributed by atoms with Crippen LogP contribution < -0.4 is 14.8 Å². The van der Waals surface area contributed by atoms with Crippen molar-refractivity contribution in [2.24, 2.45) is 0 Å². The van der Waals surface area contributed by atoms with E-state index in [1.165, 1.54) is 0 Å². The second-order valence-corrected chi connectivity index (χ2v) is 4.37. The van der Waals surface area contributed by atoms with E-state index in [2.05, 4.69) is 18.5 Å². The highest BCUT2D eigenvalue weighted by Crippen LogP contribution is 2.29. The summed E-state index contributed by atoms with van der Waals surface area (Å²) in [5, 5.41) is 3.75. The number of thiocarbonyl (C=S) groups is 1. The number of hydrogen-bond acceptors (Lipinski definition) is 3. The zero-order valence-electron chi connectivity index (χ0n) is 11.9. The molecule has 0 bridgehead atoms. The third-order valence-electron chi connectivity index (χ3n) is 2.64. The van der Waals surface area contributed by atoms with Crippen LogP contribution in [0.25, 0.3) is 0 Å². The summed E-state index contributed by atoms with van der Waals surface area (Å²) in [6.45, 7) is 8.75. The third-order valence-corrected chi connectivity index (χ3v) is 3.00. The monoisotopic (exact) mass is 292 g/mol. The Bertz CT molecular complexity index is 479. The van der Waals surface area contributed by atoms with Gasteiger partial charge in [0.2, 0.25) is 0 Å². The SMILES string of the molecule is C=CCN(CC=C)C(=S)Nc1ccc(OC)cc1OC. The highest BCUT2D eigenvalue weighted by molar-refractivity contribution is 7.80. The molecular formula is C15H20N2O2S. The van der Waals surface area contributed by atoms with Gasteiger partial charge in [-0.3, -0.25) is 0 Å². The Morgan fingerprint density at radius 1 is 1.25 bits per heavy atom. The van der Waals surface area contributed by atoms with Gasteiger partial charge in [-0.1, -0.05) is 12.2 Å².